The summed E-state index contributed by atoms with van der Waals surface area (Å²) in [6.07, 6.45) is 2.44. The van der Waals surface area contributed by atoms with Gasteiger partial charge >= 0.3 is 51.2 Å². The fraction of sp³-hybridized carbons (Fsp3) is 1.00. The maximum atomic E-state index is 5.61. The van der Waals surface area contributed by atoms with Crippen molar-refractivity contribution in [2.75, 3.05) is 0 Å². The maximum absolute atomic E-state index is 5.61. The van der Waals surface area contributed by atoms with Crippen molar-refractivity contribution in [3.8, 4) is 0 Å². The van der Waals surface area contributed by atoms with Crippen LogP contribution in [0.25, 0.3) is 0 Å². The fourth-order valence-corrected chi connectivity index (χ4v) is 1.39. The molecule has 0 saturated carbocycles. The summed E-state index contributed by atoms with van der Waals surface area (Å²) in [5, 5.41) is 0. The molecule has 2 heteroatoms. The first-order chi connectivity index (χ1) is 3.31. The Labute approximate surface area is 51.8 Å². The van der Waals surface area contributed by atoms with Gasteiger partial charge in [-0.15, -0.1) is 0 Å². The summed E-state index contributed by atoms with van der Waals surface area (Å²) in [5.41, 5.74) is 5.61. The second-order valence-electron chi connectivity index (χ2n) is 1.56. The van der Waals surface area contributed by atoms with Gasteiger partial charge in [0.25, 0.3) is 0 Å². The standard InChI is InChI=1S/C5H13NSe/c1-3-4-5(6)7-2/h5H,3-4,6H2,1-2H3. The predicted octanol–water partition coefficient (Wildman–Crippen LogP) is 0.824. The summed E-state index contributed by atoms with van der Waals surface area (Å²) >= 11 is 0.663. The van der Waals surface area contributed by atoms with Gasteiger partial charge in [0.2, 0.25) is 0 Å². The van der Waals surface area contributed by atoms with Gasteiger partial charge in [0.05, 0.1) is 0 Å². The van der Waals surface area contributed by atoms with Crippen molar-refractivity contribution < 1.29 is 0 Å². The quantitative estimate of drug-likeness (QED) is 0.617. The van der Waals surface area contributed by atoms with Crippen molar-refractivity contribution in [3.05, 3.63) is 0 Å². The van der Waals surface area contributed by atoms with Crippen LogP contribution in [-0.4, -0.2) is 19.9 Å². The van der Waals surface area contributed by atoms with Crippen LogP contribution < -0.4 is 5.73 Å². The van der Waals surface area contributed by atoms with E-state index in [4.69, 9.17) is 5.73 Å². The monoisotopic (exact) mass is 167 g/mol. The Morgan fingerprint density at radius 1 is 1.71 bits per heavy atom. The van der Waals surface area contributed by atoms with Crippen LogP contribution in [-0.2, 0) is 0 Å². The average Bonchev–Trinajstić information content (AvgIpc) is 1.68. The number of rotatable bonds is 3. The summed E-state index contributed by atoms with van der Waals surface area (Å²) < 4.78 is 0. The SMILES string of the molecule is CCCC(N)[Se]C. The molecular weight excluding hydrogens is 153 g/mol. The number of nitrogens with two attached hydrogens (primary N) is 1. The molecule has 0 aromatic rings. The first-order valence-corrected chi connectivity index (χ1v) is 5.29. The summed E-state index contributed by atoms with van der Waals surface area (Å²) in [7, 11) is 0. The van der Waals surface area contributed by atoms with Crippen LogP contribution >= 0.6 is 0 Å². The van der Waals surface area contributed by atoms with Gasteiger partial charge in [0.1, 0.15) is 0 Å². The molecule has 0 heterocycles. The summed E-state index contributed by atoms with van der Waals surface area (Å²) in [4.78, 5) is 0.512. The Morgan fingerprint density at radius 3 is 2.43 bits per heavy atom. The molecule has 0 aromatic carbocycles. The fourth-order valence-electron chi connectivity index (χ4n) is 0.402. The van der Waals surface area contributed by atoms with Crippen LogP contribution in [0.5, 0.6) is 0 Å². The first-order valence-electron chi connectivity index (χ1n) is 2.59. The molecule has 0 aromatic heterocycles. The Hall–Kier alpha value is 0.479. The zero-order valence-electron chi connectivity index (χ0n) is 4.98. The molecule has 1 unspecified atom stereocenters. The van der Waals surface area contributed by atoms with E-state index in [2.05, 4.69) is 12.7 Å². The molecule has 0 rings (SSSR count). The van der Waals surface area contributed by atoms with Crippen LogP contribution in [0.4, 0.5) is 0 Å². The summed E-state index contributed by atoms with van der Waals surface area (Å²) in [5.74, 6) is 2.19. The zero-order chi connectivity index (χ0) is 5.70. The van der Waals surface area contributed by atoms with Crippen LogP contribution in [0.1, 0.15) is 19.8 Å². The molecule has 0 saturated heterocycles. The predicted molar refractivity (Wildman–Crippen MR) is 34.5 cm³/mol. The molecule has 2 N–H and O–H groups in total. The van der Waals surface area contributed by atoms with Crippen LogP contribution in [0.3, 0.4) is 0 Å². The molecular formula is C5H13NSe. The molecule has 0 aliphatic heterocycles. The molecule has 44 valence electrons. The van der Waals surface area contributed by atoms with Crippen LogP contribution in [0.15, 0.2) is 0 Å². The van der Waals surface area contributed by atoms with E-state index in [-0.39, 0.29) is 0 Å². The molecule has 0 fully saturated rings. The van der Waals surface area contributed by atoms with Crippen molar-refractivity contribution in [3.63, 3.8) is 0 Å². The minimum absolute atomic E-state index is 0.512. The second kappa shape index (κ2) is 4.63. The Morgan fingerprint density at radius 2 is 2.29 bits per heavy atom. The topological polar surface area (TPSA) is 26.0 Å². The van der Waals surface area contributed by atoms with Gasteiger partial charge in [0.15, 0.2) is 0 Å². The van der Waals surface area contributed by atoms with Crippen LogP contribution in [0, 0.1) is 0 Å². The zero-order valence-corrected chi connectivity index (χ0v) is 6.69. The summed E-state index contributed by atoms with van der Waals surface area (Å²) in [6.45, 7) is 2.17. The van der Waals surface area contributed by atoms with Crippen LogP contribution in [0.2, 0.25) is 5.82 Å². The van der Waals surface area contributed by atoms with Gasteiger partial charge in [-0.05, 0) is 0 Å². The molecule has 1 nitrogen and oxygen atoms in total. The van der Waals surface area contributed by atoms with E-state index in [1.165, 1.54) is 12.8 Å². The van der Waals surface area contributed by atoms with Crippen molar-refractivity contribution in [1.29, 1.82) is 0 Å². The molecule has 0 spiro atoms. The van der Waals surface area contributed by atoms with Gasteiger partial charge in [-0.1, -0.05) is 0 Å². The third kappa shape index (κ3) is 4.33. The van der Waals surface area contributed by atoms with E-state index in [1.54, 1.807) is 0 Å². The van der Waals surface area contributed by atoms with Gasteiger partial charge in [0, 0.05) is 0 Å². The van der Waals surface area contributed by atoms with E-state index in [9.17, 15) is 0 Å². The summed E-state index contributed by atoms with van der Waals surface area (Å²) in [6, 6.07) is 0. The molecule has 0 aliphatic rings. The normalized spacial score (nSPS) is 14.1. The van der Waals surface area contributed by atoms with Gasteiger partial charge in [-0.2, -0.15) is 0 Å². The number of hydrogen-bond acceptors (Lipinski definition) is 1. The third-order valence-corrected chi connectivity index (χ3v) is 2.64. The molecule has 0 aliphatic carbocycles. The molecule has 0 radical (unpaired) electrons. The minimum atomic E-state index is 0.512. The van der Waals surface area contributed by atoms with E-state index in [1.807, 2.05) is 0 Å². The number of hydrogen-bond donors (Lipinski definition) is 1. The third-order valence-electron chi connectivity index (χ3n) is 0.876. The van der Waals surface area contributed by atoms with E-state index in [0.29, 0.717) is 19.9 Å². The first kappa shape index (κ1) is 7.48. The molecule has 0 bridgehead atoms. The Balaban J connectivity index is 2.83. The van der Waals surface area contributed by atoms with E-state index < -0.39 is 0 Å². The molecule has 1 atom stereocenters. The average molecular weight is 166 g/mol. The van der Waals surface area contributed by atoms with Crippen molar-refractivity contribution in [2.24, 2.45) is 5.73 Å². The van der Waals surface area contributed by atoms with Crippen molar-refractivity contribution in [2.45, 2.75) is 30.5 Å². The van der Waals surface area contributed by atoms with Gasteiger partial charge in [-0.3, -0.25) is 0 Å². The van der Waals surface area contributed by atoms with Gasteiger partial charge in [-0.25, -0.2) is 0 Å². The van der Waals surface area contributed by atoms with Crippen molar-refractivity contribution in [1.82, 2.24) is 0 Å². The molecule has 0 amide bonds. The second-order valence-corrected chi connectivity index (χ2v) is 3.82. The Bertz CT molecular complexity index is 39.1. The molecule has 7 heavy (non-hydrogen) atoms. The van der Waals surface area contributed by atoms with Crippen molar-refractivity contribution >= 4 is 15.0 Å². The van der Waals surface area contributed by atoms with E-state index in [0.717, 1.165) is 0 Å². The van der Waals surface area contributed by atoms with Gasteiger partial charge < -0.3 is 0 Å². The van der Waals surface area contributed by atoms with E-state index >= 15 is 0 Å². The Kier molecular flexibility index (Phi) is 4.95.